The normalized spacial score (nSPS) is 11.9. The summed E-state index contributed by atoms with van der Waals surface area (Å²) in [5, 5.41) is 3.10. The fraction of sp³-hybridized carbons (Fsp3) is 0.417. The number of fused-ring (bicyclic) bond motifs is 1. The Kier molecular flexibility index (Phi) is 7.36. The van der Waals surface area contributed by atoms with E-state index < -0.39 is 10.0 Å². The number of amides is 1. The Morgan fingerprint density at radius 2 is 1.72 bits per heavy atom. The number of anilines is 1. The van der Waals surface area contributed by atoms with Gasteiger partial charge in [0.15, 0.2) is 0 Å². The lowest BCUT2D eigenvalue weighted by atomic mass is 10.0. The number of carbonyl (C=O) groups excluding carboxylic acids is 1. The summed E-state index contributed by atoms with van der Waals surface area (Å²) in [5.74, 6) is 0.725. The summed E-state index contributed by atoms with van der Waals surface area (Å²) < 4.78 is 28.2. The topological polar surface area (TPSA) is 84.3 Å². The molecule has 1 heterocycles. The number of hydrogen-bond donors (Lipinski definition) is 1. The molecule has 0 aliphatic rings. The molecule has 1 N–H and O–H groups in total. The second-order valence-electron chi connectivity index (χ2n) is 7.92. The average molecular weight is 457 g/mol. The van der Waals surface area contributed by atoms with Crippen molar-refractivity contribution in [3.63, 3.8) is 0 Å². The van der Waals surface area contributed by atoms with Gasteiger partial charge < -0.3 is 9.88 Å². The van der Waals surface area contributed by atoms with Crippen LogP contribution in [0.2, 0.25) is 0 Å². The Labute approximate surface area is 190 Å². The van der Waals surface area contributed by atoms with Crippen LogP contribution in [0.15, 0.2) is 41.3 Å². The molecule has 7 nitrogen and oxygen atoms in total. The summed E-state index contributed by atoms with van der Waals surface area (Å²) in [6, 6.07) is 11.1. The zero-order chi connectivity index (χ0) is 23.5. The van der Waals surface area contributed by atoms with E-state index in [-0.39, 0.29) is 10.8 Å². The minimum absolute atomic E-state index is 0.0498. The van der Waals surface area contributed by atoms with E-state index in [1.807, 2.05) is 29.7 Å². The molecule has 0 fully saturated rings. The number of carbonyl (C=O) groups is 1. The van der Waals surface area contributed by atoms with Crippen LogP contribution in [-0.4, -0.2) is 42.3 Å². The quantitative estimate of drug-likeness (QED) is 0.527. The Hall–Kier alpha value is -2.71. The van der Waals surface area contributed by atoms with Gasteiger partial charge in [-0.3, -0.25) is 4.79 Å². The minimum atomic E-state index is -3.53. The number of hydrogen-bond acceptors (Lipinski definition) is 4. The minimum Gasteiger partial charge on any atom is -0.328 e. The summed E-state index contributed by atoms with van der Waals surface area (Å²) in [6.07, 6.45) is 2.48. The molecular formula is C24H32N4O3S. The fourth-order valence-electron chi connectivity index (χ4n) is 3.90. The maximum atomic E-state index is 12.8. The van der Waals surface area contributed by atoms with Crippen LogP contribution in [0.25, 0.3) is 11.0 Å². The van der Waals surface area contributed by atoms with E-state index in [2.05, 4.69) is 24.1 Å². The number of aromatic nitrogens is 2. The Balaban J connectivity index is 1.83. The molecule has 0 saturated heterocycles. The van der Waals surface area contributed by atoms with Gasteiger partial charge in [0.2, 0.25) is 15.9 Å². The Morgan fingerprint density at radius 1 is 1.06 bits per heavy atom. The van der Waals surface area contributed by atoms with Crippen LogP contribution in [0.4, 0.5) is 5.69 Å². The maximum absolute atomic E-state index is 12.8. The molecule has 0 aliphatic carbocycles. The van der Waals surface area contributed by atoms with Crippen LogP contribution in [0.1, 0.15) is 44.1 Å². The number of para-hydroxylation sites is 1. The molecule has 1 amide bonds. The molecule has 2 aromatic carbocycles. The Bertz CT molecular complexity index is 1210. The van der Waals surface area contributed by atoms with Crippen molar-refractivity contribution in [2.75, 3.05) is 19.4 Å². The molecule has 172 valence electrons. The molecule has 0 unspecified atom stereocenters. The lowest BCUT2D eigenvalue weighted by Gasteiger charge is -2.14. The largest absolute Gasteiger partial charge is 0.328 e. The molecule has 0 radical (unpaired) electrons. The highest BCUT2D eigenvalue weighted by Gasteiger charge is 2.20. The first-order valence-electron chi connectivity index (χ1n) is 11.0. The number of nitrogens with one attached hydrogen (secondary N) is 1. The summed E-state index contributed by atoms with van der Waals surface area (Å²) in [7, 11) is -0.515. The molecule has 0 bridgehead atoms. The van der Waals surface area contributed by atoms with Crippen molar-refractivity contribution >= 4 is 32.7 Å². The van der Waals surface area contributed by atoms with Crippen molar-refractivity contribution in [2.45, 2.75) is 57.9 Å². The van der Waals surface area contributed by atoms with Gasteiger partial charge in [-0.15, -0.1) is 0 Å². The lowest BCUT2D eigenvalue weighted by Crippen LogP contribution is -2.22. The smallest absolute Gasteiger partial charge is 0.242 e. The number of benzene rings is 2. The van der Waals surface area contributed by atoms with E-state index in [4.69, 9.17) is 0 Å². The van der Waals surface area contributed by atoms with Crippen LogP contribution in [0.5, 0.6) is 0 Å². The second-order valence-corrected chi connectivity index (χ2v) is 10.1. The van der Waals surface area contributed by atoms with Crippen LogP contribution in [-0.2, 0) is 40.6 Å². The third-order valence-electron chi connectivity index (χ3n) is 5.73. The van der Waals surface area contributed by atoms with Gasteiger partial charge in [-0.1, -0.05) is 32.0 Å². The van der Waals surface area contributed by atoms with Crippen LogP contribution >= 0.6 is 0 Å². The first-order valence-corrected chi connectivity index (χ1v) is 12.5. The molecular weight excluding hydrogens is 424 g/mol. The van der Waals surface area contributed by atoms with Gasteiger partial charge in [0.05, 0.1) is 15.9 Å². The van der Waals surface area contributed by atoms with Crippen LogP contribution in [0, 0.1) is 0 Å². The van der Waals surface area contributed by atoms with E-state index in [1.54, 1.807) is 18.2 Å². The number of rotatable bonds is 9. The van der Waals surface area contributed by atoms with Crippen LogP contribution in [0.3, 0.4) is 0 Å². The third-order valence-corrected chi connectivity index (χ3v) is 7.54. The van der Waals surface area contributed by atoms with E-state index in [0.29, 0.717) is 24.9 Å². The average Bonchev–Trinajstić information content (AvgIpc) is 3.14. The summed E-state index contributed by atoms with van der Waals surface area (Å²) in [5.41, 5.74) is 4.67. The number of imidazole rings is 1. The molecule has 1 aromatic heterocycles. The molecule has 0 saturated carbocycles. The molecule has 0 atom stereocenters. The van der Waals surface area contributed by atoms with E-state index in [1.165, 1.54) is 18.4 Å². The highest BCUT2D eigenvalue weighted by molar-refractivity contribution is 7.89. The monoisotopic (exact) mass is 456 g/mol. The van der Waals surface area contributed by atoms with Crippen molar-refractivity contribution < 1.29 is 13.2 Å². The highest BCUT2D eigenvalue weighted by Crippen LogP contribution is 2.24. The van der Waals surface area contributed by atoms with Crippen LogP contribution < -0.4 is 5.32 Å². The second kappa shape index (κ2) is 9.83. The predicted octanol–water partition coefficient (Wildman–Crippen LogP) is 4.00. The fourth-order valence-corrected chi connectivity index (χ4v) is 4.83. The van der Waals surface area contributed by atoms with E-state index >= 15 is 0 Å². The molecule has 0 spiro atoms. The highest BCUT2D eigenvalue weighted by atomic mass is 32.2. The summed E-state index contributed by atoms with van der Waals surface area (Å²) >= 11 is 0. The lowest BCUT2D eigenvalue weighted by molar-refractivity contribution is -0.116. The molecule has 8 heteroatoms. The van der Waals surface area contributed by atoms with E-state index in [9.17, 15) is 13.2 Å². The van der Waals surface area contributed by atoms with Crippen molar-refractivity contribution in [1.29, 1.82) is 0 Å². The van der Waals surface area contributed by atoms with Gasteiger partial charge in [0.25, 0.3) is 0 Å². The van der Waals surface area contributed by atoms with Gasteiger partial charge in [0.1, 0.15) is 5.82 Å². The standard InChI is InChI=1S/C24H32N4O3S/c1-6-17-10-9-11-18(7-2)24(17)26-23(29)15-14-22-25-20-16-19(32(30,31)27(4)5)12-13-21(20)28(22)8-3/h9-13,16H,6-8,14-15H2,1-5H3,(H,26,29). The van der Waals surface area contributed by atoms with Crippen molar-refractivity contribution in [2.24, 2.45) is 0 Å². The zero-order valence-electron chi connectivity index (χ0n) is 19.5. The van der Waals surface area contributed by atoms with E-state index in [0.717, 1.165) is 41.0 Å². The summed E-state index contributed by atoms with van der Waals surface area (Å²) in [6.45, 7) is 6.86. The Morgan fingerprint density at radius 3 is 2.28 bits per heavy atom. The van der Waals surface area contributed by atoms with Gasteiger partial charge >= 0.3 is 0 Å². The van der Waals surface area contributed by atoms with Crippen molar-refractivity contribution in [3.05, 3.63) is 53.3 Å². The van der Waals surface area contributed by atoms with Crippen molar-refractivity contribution in [3.8, 4) is 0 Å². The molecule has 32 heavy (non-hydrogen) atoms. The third kappa shape index (κ3) is 4.71. The molecule has 3 aromatic rings. The number of aryl methyl sites for hydroxylation is 4. The maximum Gasteiger partial charge on any atom is 0.242 e. The number of sulfonamides is 1. The predicted molar refractivity (Wildman–Crippen MR) is 128 cm³/mol. The van der Waals surface area contributed by atoms with Gasteiger partial charge in [-0.25, -0.2) is 17.7 Å². The van der Waals surface area contributed by atoms with Crippen molar-refractivity contribution in [1.82, 2.24) is 13.9 Å². The molecule has 0 aliphatic heterocycles. The first kappa shape index (κ1) is 23.9. The van der Waals surface area contributed by atoms with Gasteiger partial charge in [-0.05, 0) is 49.1 Å². The number of nitrogens with zero attached hydrogens (tertiary/aromatic N) is 3. The SMILES string of the molecule is CCc1cccc(CC)c1NC(=O)CCc1nc2cc(S(=O)(=O)N(C)C)ccc2n1CC. The summed E-state index contributed by atoms with van der Waals surface area (Å²) in [4.78, 5) is 17.6. The van der Waals surface area contributed by atoms with Gasteiger partial charge in [0, 0.05) is 39.2 Å². The zero-order valence-corrected chi connectivity index (χ0v) is 20.3. The van der Waals surface area contributed by atoms with Gasteiger partial charge in [-0.2, -0.15) is 0 Å². The molecule has 3 rings (SSSR count). The first-order chi connectivity index (χ1) is 15.2.